The van der Waals surface area contributed by atoms with E-state index in [1.165, 1.54) is 7.11 Å². The summed E-state index contributed by atoms with van der Waals surface area (Å²) in [6, 6.07) is 15.5. The molecule has 2 saturated heterocycles. The minimum absolute atomic E-state index is 0.0332. The van der Waals surface area contributed by atoms with Crippen molar-refractivity contribution in [2.24, 2.45) is 17.8 Å². The Morgan fingerprint density at radius 2 is 1.20 bits per heavy atom. The normalized spacial score (nSPS) is 22.9. The maximum Gasteiger partial charge on any atom is 0.407 e. The molecule has 4 aliphatic rings. The number of nitrogens with zero attached hydrogens (tertiary/aromatic N) is 4. The molecule has 8 bridgehead atoms. The number of carbonyl (C=O) groups is 3. The van der Waals surface area contributed by atoms with Crippen LogP contribution in [0.25, 0.3) is 33.6 Å². The minimum atomic E-state index is -0.769. The lowest BCUT2D eigenvalue weighted by atomic mass is 9.96. The maximum absolute atomic E-state index is 14.1. The van der Waals surface area contributed by atoms with E-state index in [9.17, 15) is 14.4 Å². The van der Waals surface area contributed by atoms with Crippen LogP contribution in [0.5, 0.6) is 0 Å². The quantitative estimate of drug-likeness (QED) is 0.159. The molecule has 2 aromatic carbocycles. The van der Waals surface area contributed by atoms with Crippen molar-refractivity contribution in [1.29, 1.82) is 0 Å². The van der Waals surface area contributed by atoms with Crippen LogP contribution in [0.1, 0.15) is 108 Å². The zero-order valence-corrected chi connectivity index (χ0v) is 38.2. The van der Waals surface area contributed by atoms with E-state index in [2.05, 4.69) is 77.7 Å². The molecular formula is C49H65N7O8. The molecule has 64 heavy (non-hydrogen) atoms. The summed E-state index contributed by atoms with van der Waals surface area (Å²) in [5.74, 6) is 1.33. The fourth-order valence-corrected chi connectivity index (χ4v) is 9.23. The third kappa shape index (κ3) is 10.1. The minimum Gasteiger partial charge on any atom is -0.453 e. The van der Waals surface area contributed by atoms with Gasteiger partial charge in [0, 0.05) is 63.8 Å². The van der Waals surface area contributed by atoms with Crippen LogP contribution in [-0.4, -0.2) is 113 Å². The van der Waals surface area contributed by atoms with Gasteiger partial charge < -0.3 is 48.8 Å². The summed E-state index contributed by atoms with van der Waals surface area (Å²) in [5.41, 5.74) is 7.36. The Morgan fingerprint density at radius 3 is 1.78 bits per heavy atom. The number of hydrogen-bond donors (Lipinski definition) is 3. The van der Waals surface area contributed by atoms with Gasteiger partial charge in [-0.2, -0.15) is 0 Å². The van der Waals surface area contributed by atoms with Crippen molar-refractivity contribution in [2.75, 3.05) is 46.6 Å². The second-order valence-electron chi connectivity index (χ2n) is 18.4. The molecule has 2 aromatic heterocycles. The number of methoxy groups -OCH3 is 1. The molecule has 8 rings (SSSR count). The third-order valence-electron chi connectivity index (χ3n) is 13.3. The Morgan fingerprint density at radius 1 is 0.672 bits per heavy atom. The number of rotatable bonds is 8. The number of fused-ring (bicyclic) bond motifs is 10. The molecule has 0 saturated carbocycles. The zero-order valence-electron chi connectivity index (χ0n) is 38.2. The van der Waals surface area contributed by atoms with Crippen molar-refractivity contribution in [3.63, 3.8) is 0 Å². The zero-order chi connectivity index (χ0) is 44.9. The smallest absolute Gasteiger partial charge is 0.407 e. The number of amides is 3. The number of benzene rings is 2. The van der Waals surface area contributed by atoms with E-state index >= 15 is 0 Å². The summed E-state index contributed by atoms with van der Waals surface area (Å²) in [7, 11) is 1.29. The lowest BCUT2D eigenvalue weighted by molar-refractivity contribution is -0.138. The number of aromatic nitrogens is 4. The molecule has 4 aliphatic heterocycles. The summed E-state index contributed by atoms with van der Waals surface area (Å²) in [4.78, 5) is 61.4. The highest BCUT2D eigenvalue weighted by atomic mass is 16.5. The van der Waals surface area contributed by atoms with E-state index in [0.29, 0.717) is 71.4 Å². The first-order chi connectivity index (χ1) is 31.0. The largest absolute Gasteiger partial charge is 0.453 e. The molecule has 15 heteroatoms. The van der Waals surface area contributed by atoms with Crippen LogP contribution in [0.15, 0.2) is 48.5 Å². The molecule has 2 fully saturated rings. The number of hydrogen-bond acceptors (Lipinski definition) is 10. The summed E-state index contributed by atoms with van der Waals surface area (Å²) < 4.78 is 29.7. The van der Waals surface area contributed by atoms with Gasteiger partial charge in [0.15, 0.2) is 0 Å². The Kier molecular flexibility index (Phi) is 14.5. The van der Waals surface area contributed by atoms with E-state index in [1.807, 2.05) is 25.7 Å². The van der Waals surface area contributed by atoms with Crippen LogP contribution in [0.2, 0.25) is 0 Å². The first-order valence-corrected chi connectivity index (χ1v) is 23.2. The molecule has 15 nitrogen and oxygen atoms in total. The van der Waals surface area contributed by atoms with Crippen LogP contribution in [0, 0.1) is 17.8 Å². The van der Waals surface area contributed by atoms with Gasteiger partial charge in [0.05, 0.1) is 67.4 Å². The lowest BCUT2D eigenvalue weighted by Gasteiger charge is -2.29. The molecule has 3 amide bonds. The standard InChI is InChI=1S/C49H65N7O8/c1-29(2)31(5)47(57)55-25-36-23-40(55)45-50-38(27-61-19-7-9-21-63-36)43(52-45)34-15-11-32(12-16-34)33-13-17-35(18-14-33)44-39-28-62-20-8-10-22-64-37-24-41(46(51-39)53-44)56(26-37)48(58)42(30(3)4)54-49(59)60-6/h11-18,29-31,36-37,40-42H,7-10,19-28H2,1-6H3,(H,50,52)(H,51,53)(H,54,59)/t31-,36-,37-,40-,41-,42-/m0/s1. The Labute approximate surface area is 376 Å². The number of H-pyrrole nitrogens is 2. The van der Waals surface area contributed by atoms with Crippen LogP contribution < -0.4 is 5.32 Å². The number of nitrogens with one attached hydrogen (secondary N) is 3. The predicted octanol–water partition coefficient (Wildman–Crippen LogP) is 7.74. The van der Waals surface area contributed by atoms with Gasteiger partial charge in [0.25, 0.3) is 0 Å². The van der Waals surface area contributed by atoms with Crippen molar-refractivity contribution in [3.05, 3.63) is 71.6 Å². The van der Waals surface area contributed by atoms with Gasteiger partial charge in [-0.25, -0.2) is 14.8 Å². The van der Waals surface area contributed by atoms with Gasteiger partial charge in [-0.1, -0.05) is 83.1 Å². The van der Waals surface area contributed by atoms with E-state index in [0.717, 1.165) is 76.5 Å². The molecule has 6 heterocycles. The number of aromatic amines is 2. The van der Waals surface area contributed by atoms with Gasteiger partial charge in [-0.15, -0.1) is 0 Å². The van der Waals surface area contributed by atoms with Crippen LogP contribution in [0.3, 0.4) is 0 Å². The third-order valence-corrected chi connectivity index (χ3v) is 13.3. The molecule has 4 aromatic rings. The van der Waals surface area contributed by atoms with E-state index in [-0.39, 0.29) is 53.9 Å². The molecule has 0 unspecified atom stereocenters. The number of ether oxygens (including phenoxy) is 5. The maximum atomic E-state index is 14.1. The van der Waals surface area contributed by atoms with Gasteiger partial charge in [-0.3, -0.25) is 9.59 Å². The lowest BCUT2D eigenvalue weighted by Crippen LogP contribution is -2.51. The summed E-state index contributed by atoms with van der Waals surface area (Å²) in [5, 5.41) is 2.74. The number of carbonyl (C=O) groups excluding carboxylic acids is 3. The molecule has 0 spiro atoms. The molecular weight excluding hydrogens is 815 g/mol. The highest BCUT2D eigenvalue weighted by molar-refractivity contribution is 5.86. The number of imidazole rings is 2. The van der Waals surface area contributed by atoms with Crippen molar-refractivity contribution >= 4 is 17.9 Å². The monoisotopic (exact) mass is 879 g/mol. The SMILES string of the molecule is COC(=O)N[C@H](C(=O)N1C[C@@H]2C[C@H]1c1nc(c(-c3ccc(-c4ccc(-c5nc6[nH]c5COCCCCO[C@H]5C[C@@H]6N(C(=O)[C@@H](C)C(C)C)C5)cc4)cc3)[nH]1)COCCCCO2)C(C)C. The van der Waals surface area contributed by atoms with E-state index < -0.39 is 12.1 Å². The van der Waals surface area contributed by atoms with Crippen molar-refractivity contribution in [2.45, 2.75) is 117 Å². The fourth-order valence-electron chi connectivity index (χ4n) is 9.23. The second kappa shape index (κ2) is 20.4. The summed E-state index contributed by atoms with van der Waals surface area (Å²) in [6.07, 6.45) is 3.94. The molecule has 3 N–H and O–H groups in total. The van der Waals surface area contributed by atoms with Gasteiger partial charge in [-0.05, 0) is 54.2 Å². The van der Waals surface area contributed by atoms with Crippen molar-refractivity contribution in [1.82, 2.24) is 35.1 Å². The molecule has 0 radical (unpaired) electrons. The second-order valence-corrected chi connectivity index (χ2v) is 18.4. The summed E-state index contributed by atoms with van der Waals surface area (Å²) >= 11 is 0. The number of alkyl carbamates (subject to hydrolysis) is 1. The first kappa shape index (κ1) is 45.5. The fraction of sp³-hybridized carbons (Fsp3) is 0.571. The first-order valence-electron chi connectivity index (χ1n) is 23.2. The topological polar surface area (TPSA) is 173 Å². The van der Waals surface area contributed by atoms with Crippen LogP contribution in [-0.2, 0) is 46.5 Å². The Hall–Kier alpha value is -5.09. The molecule has 344 valence electrons. The Balaban J connectivity index is 1.04. The van der Waals surface area contributed by atoms with Gasteiger partial charge in [0.1, 0.15) is 17.7 Å². The predicted molar refractivity (Wildman–Crippen MR) is 241 cm³/mol. The molecule has 0 aliphatic carbocycles. The Bertz CT molecular complexity index is 2220. The highest BCUT2D eigenvalue weighted by Gasteiger charge is 2.43. The van der Waals surface area contributed by atoms with Crippen molar-refractivity contribution in [3.8, 4) is 33.6 Å². The van der Waals surface area contributed by atoms with Gasteiger partial charge >= 0.3 is 6.09 Å². The summed E-state index contributed by atoms with van der Waals surface area (Å²) in [6.45, 7) is 14.2. The average molecular weight is 880 g/mol. The highest BCUT2D eigenvalue weighted by Crippen LogP contribution is 2.39. The van der Waals surface area contributed by atoms with Crippen LogP contribution in [0.4, 0.5) is 4.79 Å². The number of likely N-dealkylation sites (tertiary alicyclic amines) is 2. The molecule has 6 atom stereocenters. The van der Waals surface area contributed by atoms with E-state index in [4.69, 9.17) is 33.7 Å². The van der Waals surface area contributed by atoms with Crippen molar-refractivity contribution < 1.29 is 38.1 Å². The van der Waals surface area contributed by atoms with Gasteiger partial charge in [0.2, 0.25) is 11.8 Å². The van der Waals surface area contributed by atoms with E-state index in [1.54, 1.807) is 4.90 Å². The average Bonchev–Trinajstić information content (AvgIpc) is 4.12. The van der Waals surface area contributed by atoms with Crippen LogP contribution >= 0.6 is 0 Å².